The number of nitrogens with zero attached hydrogens (tertiary/aromatic N) is 3. The molecule has 9 rings (SSSR count). The Balaban J connectivity index is 1.10. The molecule has 2 heterocycles. The molecule has 4 heteroatoms. The van der Waals surface area contributed by atoms with Gasteiger partial charge >= 0.3 is 0 Å². The summed E-state index contributed by atoms with van der Waals surface area (Å²) >= 11 is 0. The molecule has 0 radical (unpaired) electrons. The first-order chi connectivity index (χ1) is 24.7. The zero-order chi connectivity index (χ0) is 33.4. The van der Waals surface area contributed by atoms with Gasteiger partial charge in [0.25, 0.3) is 0 Å². The van der Waals surface area contributed by atoms with Gasteiger partial charge in [0.05, 0.1) is 0 Å². The lowest BCUT2D eigenvalue weighted by molar-refractivity contribution is 0.669. The molecule has 2 aromatic heterocycles. The lowest BCUT2D eigenvalue weighted by Crippen LogP contribution is -2.01. The van der Waals surface area contributed by atoms with E-state index < -0.39 is 0 Å². The van der Waals surface area contributed by atoms with Gasteiger partial charge < -0.3 is 4.42 Å². The largest absolute Gasteiger partial charge is 0.456 e. The van der Waals surface area contributed by atoms with Gasteiger partial charge in [0, 0.05) is 27.5 Å². The minimum absolute atomic E-state index is 0.644. The topological polar surface area (TPSA) is 51.8 Å². The summed E-state index contributed by atoms with van der Waals surface area (Å²) in [6.45, 7) is 2.13. The second-order valence-corrected chi connectivity index (χ2v) is 12.5. The van der Waals surface area contributed by atoms with Gasteiger partial charge in [0.1, 0.15) is 11.2 Å². The maximum atomic E-state index is 6.18. The molecule has 4 nitrogen and oxygen atoms in total. The lowest BCUT2D eigenvalue weighted by Gasteiger charge is -2.12. The van der Waals surface area contributed by atoms with Gasteiger partial charge in [0.15, 0.2) is 17.5 Å². The molecule has 0 atom stereocenters. The first-order valence-electron chi connectivity index (χ1n) is 16.8. The molecule has 0 bridgehead atoms. The molecule has 0 unspecified atom stereocenters. The number of para-hydroxylation sites is 1. The van der Waals surface area contributed by atoms with Crippen LogP contribution in [0.15, 0.2) is 174 Å². The number of aryl methyl sites for hydroxylation is 1. The van der Waals surface area contributed by atoms with Crippen molar-refractivity contribution in [1.82, 2.24) is 15.0 Å². The van der Waals surface area contributed by atoms with Crippen LogP contribution >= 0.6 is 0 Å². The second-order valence-electron chi connectivity index (χ2n) is 12.5. The zero-order valence-electron chi connectivity index (χ0n) is 27.4. The lowest BCUT2D eigenvalue weighted by atomic mass is 9.94. The highest BCUT2D eigenvalue weighted by Gasteiger charge is 2.16. The van der Waals surface area contributed by atoms with Crippen molar-refractivity contribution in [3.8, 4) is 67.5 Å². The van der Waals surface area contributed by atoms with E-state index in [9.17, 15) is 0 Å². The summed E-state index contributed by atoms with van der Waals surface area (Å²) < 4.78 is 6.18. The maximum absolute atomic E-state index is 6.18. The van der Waals surface area contributed by atoms with Gasteiger partial charge in [-0.15, -0.1) is 0 Å². The fourth-order valence-corrected chi connectivity index (χ4v) is 6.76. The molecule has 0 N–H and O–H groups in total. The number of benzene rings is 7. The standard InChI is InChI=1S/C46H31N3O/c1-30-28-36(35-16-10-17-37(29-35)39-19-11-21-42-43(39)40-18-8-9-20-41(40)50-42)26-27-38(30)46-48-44(33-14-6-3-7-15-33)47-45(49-46)34-24-22-32(23-25-34)31-12-4-2-5-13-31/h2-29H,1H3. The third kappa shape index (κ3) is 5.43. The molecule has 0 spiro atoms. The van der Waals surface area contributed by atoms with Crippen LogP contribution in [0.5, 0.6) is 0 Å². The van der Waals surface area contributed by atoms with E-state index in [1.54, 1.807) is 0 Å². The summed E-state index contributed by atoms with van der Waals surface area (Å²) in [7, 11) is 0. The monoisotopic (exact) mass is 641 g/mol. The highest BCUT2D eigenvalue weighted by molar-refractivity contribution is 6.12. The van der Waals surface area contributed by atoms with E-state index in [0.717, 1.165) is 72.0 Å². The number of aromatic nitrogens is 3. The second kappa shape index (κ2) is 12.4. The predicted octanol–water partition coefficient (Wildman–Crippen LogP) is 12.1. The van der Waals surface area contributed by atoms with Gasteiger partial charge in [-0.25, -0.2) is 15.0 Å². The Hall–Kier alpha value is -6.65. The van der Waals surface area contributed by atoms with Crippen molar-refractivity contribution >= 4 is 21.9 Å². The quantitative estimate of drug-likeness (QED) is 0.181. The molecule has 50 heavy (non-hydrogen) atoms. The highest BCUT2D eigenvalue weighted by Crippen LogP contribution is 2.38. The van der Waals surface area contributed by atoms with Gasteiger partial charge in [-0.1, -0.05) is 152 Å². The van der Waals surface area contributed by atoms with Crippen molar-refractivity contribution in [2.75, 3.05) is 0 Å². The number of hydrogen-bond acceptors (Lipinski definition) is 4. The van der Waals surface area contributed by atoms with E-state index in [1.807, 2.05) is 54.6 Å². The number of hydrogen-bond donors (Lipinski definition) is 0. The molecule has 0 aliphatic carbocycles. The molecule has 236 valence electrons. The van der Waals surface area contributed by atoms with Crippen LogP contribution < -0.4 is 0 Å². The Morgan fingerprint density at radius 2 is 0.880 bits per heavy atom. The summed E-state index contributed by atoms with van der Waals surface area (Å²) in [5.41, 5.74) is 12.7. The van der Waals surface area contributed by atoms with Crippen molar-refractivity contribution in [1.29, 1.82) is 0 Å². The van der Waals surface area contributed by atoms with E-state index in [4.69, 9.17) is 19.4 Å². The van der Waals surface area contributed by atoms with Crippen LogP contribution in [-0.4, -0.2) is 15.0 Å². The third-order valence-electron chi connectivity index (χ3n) is 9.29. The van der Waals surface area contributed by atoms with Crippen molar-refractivity contribution in [2.45, 2.75) is 6.92 Å². The molecule has 0 amide bonds. The van der Waals surface area contributed by atoms with E-state index >= 15 is 0 Å². The molecule has 0 fully saturated rings. The summed E-state index contributed by atoms with van der Waals surface area (Å²) in [5, 5.41) is 2.27. The van der Waals surface area contributed by atoms with Crippen molar-refractivity contribution in [3.63, 3.8) is 0 Å². The summed E-state index contributed by atoms with van der Waals surface area (Å²) in [6, 6.07) is 58.7. The number of furan rings is 1. The van der Waals surface area contributed by atoms with Crippen LogP contribution in [0.3, 0.4) is 0 Å². The molecular formula is C46H31N3O. The third-order valence-corrected chi connectivity index (χ3v) is 9.29. The molecule has 7 aromatic carbocycles. The van der Waals surface area contributed by atoms with Gasteiger partial charge in [-0.05, 0) is 64.1 Å². The summed E-state index contributed by atoms with van der Waals surface area (Å²) in [6.07, 6.45) is 0. The minimum atomic E-state index is 0.644. The smallest absolute Gasteiger partial charge is 0.164 e. The predicted molar refractivity (Wildman–Crippen MR) is 204 cm³/mol. The summed E-state index contributed by atoms with van der Waals surface area (Å²) in [4.78, 5) is 15.0. The van der Waals surface area contributed by atoms with Crippen LogP contribution in [0, 0.1) is 6.92 Å². The SMILES string of the molecule is Cc1cc(-c2cccc(-c3cccc4oc5ccccc5c34)c2)ccc1-c1nc(-c2ccccc2)nc(-c2ccc(-c3ccccc3)cc2)n1. The number of fused-ring (bicyclic) bond motifs is 3. The fraction of sp³-hybridized carbons (Fsp3) is 0.0217. The average molecular weight is 642 g/mol. The highest BCUT2D eigenvalue weighted by atomic mass is 16.3. The average Bonchev–Trinajstić information content (AvgIpc) is 3.58. The summed E-state index contributed by atoms with van der Waals surface area (Å²) in [5.74, 6) is 1.94. The van der Waals surface area contributed by atoms with Crippen molar-refractivity contribution < 1.29 is 4.42 Å². The van der Waals surface area contributed by atoms with E-state index in [2.05, 4.69) is 122 Å². The van der Waals surface area contributed by atoms with Crippen LogP contribution in [0.4, 0.5) is 0 Å². The van der Waals surface area contributed by atoms with E-state index in [-0.39, 0.29) is 0 Å². The van der Waals surface area contributed by atoms with Gasteiger partial charge in [-0.2, -0.15) is 0 Å². The number of rotatable bonds is 6. The molecule has 0 aliphatic rings. The molecular weight excluding hydrogens is 611 g/mol. The molecule has 0 aliphatic heterocycles. The first kappa shape index (κ1) is 29.5. The molecule has 0 saturated carbocycles. The Bertz CT molecular complexity index is 2640. The van der Waals surface area contributed by atoms with Gasteiger partial charge in [-0.3, -0.25) is 0 Å². The molecule has 9 aromatic rings. The van der Waals surface area contributed by atoms with Gasteiger partial charge in [0.2, 0.25) is 0 Å². The fourth-order valence-electron chi connectivity index (χ4n) is 6.76. The van der Waals surface area contributed by atoms with E-state index in [1.165, 1.54) is 5.56 Å². The maximum Gasteiger partial charge on any atom is 0.164 e. The Kier molecular flexibility index (Phi) is 7.33. The Morgan fingerprint density at radius 3 is 1.64 bits per heavy atom. The van der Waals surface area contributed by atoms with Crippen LogP contribution in [0.25, 0.3) is 89.5 Å². The van der Waals surface area contributed by atoms with Crippen LogP contribution in [0.1, 0.15) is 5.56 Å². The van der Waals surface area contributed by atoms with E-state index in [0.29, 0.717) is 17.5 Å². The zero-order valence-corrected chi connectivity index (χ0v) is 27.4. The Labute approximate surface area is 290 Å². The van der Waals surface area contributed by atoms with Crippen molar-refractivity contribution in [3.05, 3.63) is 175 Å². The van der Waals surface area contributed by atoms with Crippen LogP contribution in [-0.2, 0) is 0 Å². The van der Waals surface area contributed by atoms with Crippen molar-refractivity contribution in [2.24, 2.45) is 0 Å². The normalized spacial score (nSPS) is 11.3. The first-order valence-corrected chi connectivity index (χ1v) is 16.8. The molecule has 0 saturated heterocycles. The van der Waals surface area contributed by atoms with Crippen LogP contribution in [0.2, 0.25) is 0 Å². The minimum Gasteiger partial charge on any atom is -0.456 e. The Morgan fingerprint density at radius 1 is 0.360 bits per heavy atom.